The Bertz CT molecular complexity index is 1290. The van der Waals surface area contributed by atoms with Crippen molar-refractivity contribution in [3.8, 4) is 11.1 Å². The lowest BCUT2D eigenvalue weighted by atomic mass is 9.74. The van der Waals surface area contributed by atoms with E-state index >= 15 is 0 Å². The Hall–Kier alpha value is -2.51. The largest absolute Gasteiger partial charge is 0.329 e. The molecule has 2 saturated heterocycles. The molecular formula is C29H35N3O2S. The maximum absolute atomic E-state index is 13.7. The topological polar surface area (TPSA) is 66.6 Å². The molecule has 3 atom stereocenters. The maximum Gasteiger partial charge on any atom is 0.243 e. The molecule has 3 unspecified atom stereocenters. The predicted octanol–water partition coefficient (Wildman–Crippen LogP) is 4.55. The van der Waals surface area contributed by atoms with Crippen LogP contribution in [0.4, 0.5) is 0 Å². The molecule has 0 spiro atoms. The third-order valence-electron chi connectivity index (χ3n) is 7.75. The third kappa shape index (κ3) is 4.56. The Labute approximate surface area is 209 Å². The van der Waals surface area contributed by atoms with Crippen LogP contribution in [0.1, 0.15) is 35.4 Å². The highest BCUT2D eigenvalue weighted by molar-refractivity contribution is 7.89. The van der Waals surface area contributed by atoms with Gasteiger partial charge in [0.05, 0.1) is 4.90 Å². The Morgan fingerprint density at radius 1 is 0.886 bits per heavy atom. The van der Waals surface area contributed by atoms with E-state index in [2.05, 4.69) is 60.4 Å². The molecule has 3 aromatic rings. The van der Waals surface area contributed by atoms with E-state index in [1.165, 1.54) is 22.3 Å². The first-order valence-electron chi connectivity index (χ1n) is 12.6. The van der Waals surface area contributed by atoms with Crippen LogP contribution in [0, 0.1) is 13.8 Å². The van der Waals surface area contributed by atoms with Gasteiger partial charge in [-0.15, -0.1) is 0 Å². The van der Waals surface area contributed by atoms with Crippen molar-refractivity contribution >= 4 is 10.0 Å². The minimum Gasteiger partial charge on any atom is -0.329 e. The van der Waals surface area contributed by atoms with Gasteiger partial charge in [0.25, 0.3) is 0 Å². The van der Waals surface area contributed by atoms with E-state index in [-0.39, 0.29) is 18.0 Å². The lowest BCUT2D eigenvalue weighted by molar-refractivity contribution is -0.0261. The normalized spacial score (nSPS) is 23.7. The van der Waals surface area contributed by atoms with Gasteiger partial charge in [0.1, 0.15) is 0 Å². The second kappa shape index (κ2) is 9.86. The van der Waals surface area contributed by atoms with Crippen molar-refractivity contribution in [1.29, 1.82) is 0 Å². The number of benzene rings is 3. The van der Waals surface area contributed by atoms with Crippen LogP contribution in [-0.2, 0) is 10.0 Å². The average Bonchev–Trinajstić information content (AvgIpc) is 2.83. The molecule has 0 aromatic heterocycles. The first-order chi connectivity index (χ1) is 16.9. The molecule has 2 aliphatic rings. The number of fused-ring (bicyclic) bond motifs is 1. The summed E-state index contributed by atoms with van der Waals surface area (Å²) in [6.45, 7) is 6.59. The number of nitrogens with two attached hydrogens (primary N) is 1. The van der Waals surface area contributed by atoms with Crippen LogP contribution < -0.4 is 5.73 Å². The van der Waals surface area contributed by atoms with Crippen LogP contribution in [0.15, 0.2) is 77.7 Å². The number of hydrogen-bond acceptors (Lipinski definition) is 4. The van der Waals surface area contributed by atoms with Crippen molar-refractivity contribution in [1.82, 2.24) is 9.21 Å². The summed E-state index contributed by atoms with van der Waals surface area (Å²) >= 11 is 0. The fourth-order valence-electron chi connectivity index (χ4n) is 5.90. The summed E-state index contributed by atoms with van der Waals surface area (Å²) in [4.78, 5) is 2.86. The Balaban J connectivity index is 1.43. The lowest BCUT2D eigenvalue weighted by Crippen LogP contribution is -2.68. The predicted molar refractivity (Wildman–Crippen MR) is 142 cm³/mol. The van der Waals surface area contributed by atoms with Gasteiger partial charge >= 0.3 is 0 Å². The summed E-state index contributed by atoms with van der Waals surface area (Å²) in [5.74, 6) is 0.222. The standard InChI is InChI=1S/C29H35N3O2S/c1-21-8-7-10-25(18-21)23-12-14-24(15-13-23)29-26(19-30)32-17-6-5-16-31(20-27(29)32)35(33,34)28-11-4-3-9-22(28)2/h3-4,7-15,18,26-27,29H,5-6,16-17,19-20,30H2,1-2H3. The van der Waals surface area contributed by atoms with Crippen LogP contribution in [0.5, 0.6) is 0 Å². The summed E-state index contributed by atoms with van der Waals surface area (Å²) in [5, 5.41) is 0. The molecular weight excluding hydrogens is 454 g/mol. The first-order valence-corrected chi connectivity index (χ1v) is 14.0. The van der Waals surface area contributed by atoms with Crippen molar-refractivity contribution in [3.63, 3.8) is 0 Å². The molecule has 2 N–H and O–H groups in total. The van der Waals surface area contributed by atoms with Gasteiger partial charge in [-0.1, -0.05) is 72.3 Å². The Morgan fingerprint density at radius 2 is 1.63 bits per heavy atom. The van der Waals surface area contributed by atoms with E-state index in [1.807, 2.05) is 25.1 Å². The average molecular weight is 490 g/mol. The molecule has 5 nitrogen and oxygen atoms in total. The van der Waals surface area contributed by atoms with E-state index in [0.717, 1.165) is 24.9 Å². The zero-order valence-electron chi connectivity index (χ0n) is 20.6. The number of nitrogens with zero attached hydrogens (tertiary/aromatic N) is 2. The molecule has 3 aromatic carbocycles. The summed E-state index contributed by atoms with van der Waals surface area (Å²) in [6, 6.07) is 25.0. The minimum absolute atomic E-state index is 0.132. The van der Waals surface area contributed by atoms with E-state index < -0.39 is 10.0 Å². The molecule has 184 valence electrons. The first kappa shape index (κ1) is 24.2. The number of hydrogen-bond donors (Lipinski definition) is 1. The van der Waals surface area contributed by atoms with Crippen molar-refractivity contribution in [2.24, 2.45) is 5.73 Å². The minimum atomic E-state index is -3.56. The monoisotopic (exact) mass is 489 g/mol. The molecule has 0 bridgehead atoms. The van der Waals surface area contributed by atoms with Gasteiger partial charge < -0.3 is 5.73 Å². The van der Waals surface area contributed by atoms with E-state index in [9.17, 15) is 8.42 Å². The van der Waals surface area contributed by atoms with Crippen LogP contribution >= 0.6 is 0 Å². The molecule has 5 rings (SSSR count). The SMILES string of the molecule is Cc1cccc(-c2ccc(C3C(CN)N4CCCCN(S(=O)(=O)c5ccccc5C)CC34)cc2)c1. The maximum atomic E-state index is 13.7. The molecule has 6 heteroatoms. The zero-order valence-corrected chi connectivity index (χ0v) is 21.4. The van der Waals surface area contributed by atoms with Gasteiger partial charge in [0.2, 0.25) is 10.0 Å². The molecule has 2 aliphatic heterocycles. The second-order valence-electron chi connectivity index (χ2n) is 9.96. The van der Waals surface area contributed by atoms with Gasteiger partial charge in [0.15, 0.2) is 0 Å². The second-order valence-corrected chi connectivity index (χ2v) is 11.9. The number of rotatable bonds is 5. The van der Waals surface area contributed by atoms with Crippen molar-refractivity contribution in [2.45, 2.75) is 49.6 Å². The van der Waals surface area contributed by atoms with Crippen molar-refractivity contribution < 1.29 is 8.42 Å². The smallest absolute Gasteiger partial charge is 0.243 e. The van der Waals surface area contributed by atoms with Crippen LogP contribution in [0.3, 0.4) is 0 Å². The summed E-state index contributed by atoms with van der Waals surface area (Å²) < 4.78 is 29.0. The molecule has 0 radical (unpaired) electrons. The van der Waals surface area contributed by atoms with E-state index in [4.69, 9.17) is 5.73 Å². The highest BCUT2D eigenvalue weighted by Gasteiger charge is 2.49. The van der Waals surface area contributed by atoms with E-state index in [0.29, 0.717) is 24.5 Å². The fourth-order valence-corrected chi connectivity index (χ4v) is 7.62. The molecule has 0 aliphatic carbocycles. The summed E-state index contributed by atoms with van der Waals surface area (Å²) in [5.41, 5.74) is 11.9. The highest BCUT2D eigenvalue weighted by Crippen LogP contribution is 2.42. The Kier molecular flexibility index (Phi) is 6.82. The summed E-state index contributed by atoms with van der Waals surface area (Å²) in [6.07, 6.45) is 1.84. The van der Waals surface area contributed by atoms with Gasteiger partial charge in [-0.3, -0.25) is 4.90 Å². The zero-order chi connectivity index (χ0) is 24.6. The van der Waals surface area contributed by atoms with Gasteiger partial charge in [-0.25, -0.2) is 8.42 Å². The molecule has 0 saturated carbocycles. The van der Waals surface area contributed by atoms with Gasteiger partial charge in [-0.2, -0.15) is 4.31 Å². The fraction of sp³-hybridized carbons (Fsp3) is 0.379. The summed E-state index contributed by atoms with van der Waals surface area (Å²) in [7, 11) is -3.56. The molecule has 35 heavy (non-hydrogen) atoms. The van der Waals surface area contributed by atoms with Crippen molar-refractivity contribution in [2.75, 3.05) is 26.2 Å². The third-order valence-corrected chi connectivity index (χ3v) is 9.77. The molecule has 2 fully saturated rings. The van der Waals surface area contributed by atoms with Crippen LogP contribution in [-0.4, -0.2) is 55.9 Å². The van der Waals surface area contributed by atoms with Crippen LogP contribution in [0.25, 0.3) is 11.1 Å². The highest BCUT2D eigenvalue weighted by atomic mass is 32.2. The van der Waals surface area contributed by atoms with Gasteiger partial charge in [0, 0.05) is 37.6 Å². The molecule has 0 amide bonds. The molecule has 2 heterocycles. The quantitative estimate of drug-likeness (QED) is 0.571. The van der Waals surface area contributed by atoms with Crippen LogP contribution in [0.2, 0.25) is 0 Å². The lowest BCUT2D eigenvalue weighted by Gasteiger charge is -2.57. The number of sulfonamides is 1. The van der Waals surface area contributed by atoms with Crippen molar-refractivity contribution in [3.05, 3.63) is 89.5 Å². The number of aryl methyl sites for hydroxylation is 2. The van der Waals surface area contributed by atoms with E-state index in [1.54, 1.807) is 10.4 Å². The van der Waals surface area contributed by atoms with Gasteiger partial charge in [-0.05, 0) is 61.6 Å². The Morgan fingerprint density at radius 3 is 2.34 bits per heavy atom.